The Morgan fingerprint density at radius 2 is 1.90 bits per heavy atom. The highest BCUT2D eigenvalue weighted by atomic mass is 16.5. The molecule has 0 spiro atoms. The minimum absolute atomic E-state index is 0.234. The van der Waals surface area contributed by atoms with E-state index in [0.29, 0.717) is 17.9 Å². The summed E-state index contributed by atoms with van der Waals surface area (Å²) in [5.74, 6) is 0.685. The molecule has 30 heavy (non-hydrogen) atoms. The monoisotopic (exact) mass is 403 g/mol. The van der Waals surface area contributed by atoms with Crippen molar-refractivity contribution in [1.82, 2.24) is 15.1 Å². The summed E-state index contributed by atoms with van der Waals surface area (Å²) in [7, 11) is 0. The van der Waals surface area contributed by atoms with Crippen molar-refractivity contribution in [3.8, 4) is 17.0 Å². The Morgan fingerprint density at radius 1 is 1.10 bits per heavy atom. The molecule has 152 valence electrons. The van der Waals surface area contributed by atoms with Gasteiger partial charge < -0.3 is 14.5 Å². The van der Waals surface area contributed by atoms with Gasteiger partial charge in [0.05, 0.1) is 18.8 Å². The van der Waals surface area contributed by atoms with Crippen molar-refractivity contribution in [3.05, 3.63) is 82.8 Å². The normalized spacial score (nSPS) is 10.8. The summed E-state index contributed by atoms with van der Waals surface area (Å²) in [6.07, 6.45) is 0. The van der Waals surface area contributed by atoms with Crippen LogP contribution in [0.1, 0.15) is 17.5 Å². The summed E-state index contributed by atoms with van der Waals surface area (Å²) >= 11 is 0. The number of aromatic nitrogens is 2. The predicted octanol–water partition coefficient (Wildman–Crippen LogP) is 3.49. The lowest BCUT2D eigenvalue weighted by atomic mass is 10.1. The number of para-hydroxylation sites is 1. The molecule has 1 amide bonds. The lowest BCUT2D eigenvalue weighted by Gasteiger charge is -2.09. The zero-order valence-electron chi connectivity index (χ0n) is 16.5. The van der Waals surface area contributed by atoms with E-state index in [1.165, 1.54) is 10.7 Å². The molecule has 0 aliphatic rings. The van der Waals surface area contributed by atoms with Crippen LogP contribution < -0.4 is 15.6 Å². The number of benzene rings is 2. The quantitative estimate of drug-likeness (QED) is 0.511. The summed E-state index contributed by atoms with van der Waals surface area (Å²) in [4.78, 5) is 24.5. The van der Waals surface area contributed by atoms with Gasteiger partial charge in [-0.3, -0.25) is 9.59 Å². The molecule has 4 aromatic rings. The maximum atomic E-state index is 12.3. The zero-order chi connectivity index (χ0) is 20.9. The molecule has 0 fully saturated rings. The van der Waals surface area contributed by atoms with E-state index in [2.05, 4.69) is 10.4 Å². The van der Waals surface area contributed by atoms with Crippen LogP contribution in [0.2, 0.25) is 0 Å². The molecule has 0 unspecified atom stereocenters. The number of carbonyl (C=O) groups is 1. The van der Waals surface area contributed by atoms with Gasteiger partial charge in [-0.15, -0.1) is 0 Å². The molecule has 0 bridgehead atoms. The van der Waals surface area contributed by atoms with Crippen molar-refractivity contribution in [2.75, 3.05) is 13.2 Å². The molecule has 2 aromatic heterocycles. The molecule has 4 rings (SSSR count). The third-order valence-corrected chi connectivity index (χ3v) is 4.59. The minimum Gasteiger partial charge on any atom is -0.494 e. The smallest absolute Gasteiger partial charge is 0.287 e. The Kier molecular flexibility index (Phi) is 5.61. The fraction of sp³-hybridized carbons (Fsp3) is 0.174. The Balaban J connectivity index is 1.42. The number of nitrogens with one attached hydrogen (secondary N) is 1. The maximum Gasteiger partial charge on any atom is 0.287 e. The van der Waals surface area contributed by atoms with Crippen LogP contribution in [0.15, 0.2) is 75.9 Å². The van der Waals surface area contributed by atoms with Gasteiger partial charge >= 0.3 is 0 Å². The summed E-state index contributed by atoms with van der Waals surface area (Å²) in [5.41, 5.74) is 1.96. The highest BCUT2D eigenvalue weighted by molar-refractivity contribution is 5.96. The number of amides is 1. The van der Waals surface area contributed by atoms with Gasteiger partial charge in [-0.05, 0) is 49.4 Å². The molecule has 0 saturated carbocycles. The molecule has 2 aromatic carbocycles. The maximum absolute atomic E-state index is 12.3. The number of hydrogen-bond acceptors (Lipinski definition) is 5. The second-order valence-corrected chi connectivity index (χ2v) is 6.64. The Hall–Kier alpha value is -3.87. The molecule has 0 aliphatic heterocycles. The number of nitrogens with zero attached hydrogens (tertiary/aromatic N) is 2. The molecular weight excluding hydrogens is 382 g/mol. The fourth-order valence-electron chi connectivity index (χ4n) is 3.11. The highest BCUT2D eigenvalue weighted by Crippen LogP contribution is 2.20. The van der Waals surface area contributed by atoms with E-state index in [9.17, 15) is 9.59 Å². The van der Waals surface area contributed by atoms with Crippen molar-refractivity contribution in [2.45, 2.75) is 13.5 Å². The van der Waals surface area contributed by atoms with Crippen LogP contribution in [-0.2, 0) is 6.54 Å². The predicted molar refractivity (Wildman–Crippen MR) is 114 cm³/mol. The van der Waals surface area contributed by atoms with Crippen molar-refractivity contribution in [2.24, 2.45) is 0 Å². The largest absolute Gasteiger partial charge is 0.494 e. The third-order valence-electron chi connectivity index (χ3n) is 4.59. The van der Waals surface area contributed by atoms with Crippen LogP contribution in [-0.4, -0.2) is 28.8 Å². The van der Waals surface area contributed by atoms with Crippen LogP contribution in [0, 0.1) is 0 Å². The van der Waals surface area contributed by atoms with Gasteiger partial charge in [0.25, 0.3) is 11.5 Å². The first-order valence-electron chi connectivity index (χ1n) is 9.72. The summed E-state index contributed by atoms with van der Waals surface area (Å²) in [5, 5.41) is 8.04. The first-order chi connectivity index (χ1) is 14.6. The molecule has 7 nitrogen and oxygen atoms in total. The first-order valence-corrected chi connectivity index (χ1v) is 9.72. The van der Waals surface area contributed by atoms with Gasteiger partial charge in [0.1, 0.15) is 11.3 Å². The summed E-state index contributed by atoms with van der Waals surface area (Å²) < 4.78 is 12.3. The minimum atomic E-state index is -0.332. The van der Waals surface area contributed by atoms with Gasteiger partial charge in [0.15, 0.2) is 5.76 Å². The average Bonchev–Trinajstić information content (AvgIpc) is 3.20. The standard InChI is InChI=1S/C23H21N3O4/c1-2-29-18-9-7-16(8-10-18)19-11-12-22(27)26(25-19)14-13-24-23(28)21-15-17-5-3-4-6-20(17)30-21/h3-12,15H,2,13-14H2,1H3,(H,24,28). The molecule has 2 heterocycles. The second-order valence-electron chi connectivity index (χ2n) is 6.64. The average molecular weight is 403 g/mol. The van der Waals surface area contributed by atoms with E-state index >= 15 is 0 Å². The number of rotatable bonds is 7. The van der Waals surface area contributed by atoms with Gasteiger partial charge in [-0.1, -0.05) is 18.2 Å². The molecule has 0 saturated heterocycles. The Bertz CT molecular complexity index is 1190. The SMILES string of the molecule is CCOc1ccc(-c2ccc(=O)n(CCNC(=O)c3cc4ccccc4o3)n2)cc1. The summed E-state index contributed by atoms with van der Waals surface area (Å²) in [6.45, 7) is 3.02. The van der Waals surface area contributed by atoms with E-state index in [-0.39, 0.29) is 30.3 Å². The fourth-order valence-corrected chi connectivity index (χ4v) is 3.11. The number of hydrogen-bond donors (Lipinski definition) is 1. The van der Waals surface area contributed by atoms with Gasteiger partial charge in [0, 0.05) is 23.6 Å². The zero-order valence-corrected chi connectivity index (χ0v) is 16.5. The van der Waals surface area contributed by atoms with Crippen molar-refractivity contribution in [1.29, 1.82) is 0 Å². The van der Waals surface area contributed by atoms with Crippen molar-refractivity contribution >= 4 is 16.9 Å². The van der Waals surface area contributed by atoms with Crippen molar-refractivity contribution < 1.29 is 13.9 Å². The van der Waals surface area contributed by atoms with E-state index < -0.39 is 0 Å². The third kappa shape index (κ3) is 4.25. The first kappa shape index (κ1) is 19.4. The highest BCUT2D eigenvalue weighted by Gasteiger charge is 2.12. The second kappa shape index (κ2) is 8.65. The summed E-state index contributed by atoms with van der Waals surface area (Å²) in [6, 6.07) is 19.8. The lowest BCUT2D eigenvalue weighted by molar-refractivity contribution is 0.0926. The topological polar surface area (TPSA) is 86.4 Å². The van der Waals surface area contributed by atoms with E-state index in [1.54, 1.807) is 12.1 Å². The molecular formula is C23H21N3O4. The molecule has 0 atom stereocenters. The number of ether oxygens (including phenoxy) is 1. The molecule has 1 N–H and O–H groups in total. The van der Waals surface area contributed by atoms with E-state index in [4.69, 9.17) is 9.15 Å². The molecule has 7 heteroatoms. The van der Waals surface area contributed by atoms with E-state index in [1.807, 2.05) is 55.5 Å². The number of fused-ring (bicyclic) bond motifs is 1. The van der Waals surface area contributed by atoms with Gasteiger partial charge in [0.2, 0.25) is 0 Å². The van der Waals surface area contributed by atoms with Crippen LogP contribution in [0.4, 0.5) is 0 Å². The van der Waals surface area contributed by atoms with Crippen LogP contribution in [0.5, 0.6) is 5.75 Å². The lowest BCUT2D eigenvalue weighted by Crippen LogP contribution is -2.31. The van der Waals surface area contributed by atoms with Gasteiger partial charge in [-0.25, -0.2) is 4.68 Å². The van der Waals surface area contributed by atoms with Crippen molar-refractivity contribution in [3.63, 3.8) is 0 Å². The van der Waals surface area contributed by atoms with Crippen LogP contribution in [0.3, 0.4) is 0 Å². The molecule has 0 aliphatic carbocycles. The Morgan fingerprint density at radius 3 is 2.67 bits per heavy atom. The number of furan rings is 1. The van der Waals surface area contributed by atoms with Crippen LogP contribution >= 0.6 is 0 Å². The van der Waals surface area contributed by atoms with Gasteiger partial charge in [-0.2, -0.15) is 5.10 Å². The Labute approximate surface area is 172 Å². The molecule has 0 radical (unpaired) electrons. The van der Waals surface area contributed by atoms with E-state index in [0.717, 1.165) is 16.7 Å². The van der Waals surface area contributed by atoms with Crippen LogP contribution in [0.25, 0.3) is 22.2 Å². The number of carbonyl (C=O) groups excluding carboxylic acids is 1.